The molecule has 0 aliphatic carbocycles. The maximum atomic E-state index is 12.4. The van der Waals surface area contributed by atoms with Gasteiger partial charge in [0.15, 0.2) is 0 Å². The molecule has 0 bridgehead atoms. The van der Waals surface area contributed by atoms with E-state index in [9.17, 15) is 8.78 Å². The highest BCUT2D eigenvalue weighted by Gasteiger charge is 2.12. The lowest BCUT2D eigenvalue weighted by molar-refractivity contribution is 0.0529. The summed E-state index contributed by atoms with van der Waals surface area (Å²) in [7, 11) is 0. The average Bonchev–Trinajstić information content (AvgIpc) is 2.61. The lowest BCUT2D eigenvalue weighted by Gasteiger charge is -1.99. The normalized spacial score (nSPS) is 11.0. The molecule has 0 N–H and O–H groups in total. The van der Waals surface area contributed by atoms with Crippen molar-refractivity contribution >= 4 is 23.8 Å². The summed E-state index contributed by atoms with van der Waals surface area (Å²) < 4.78 is 26.1. The van der Waals surface area contributed by atoms with Crippen LogP contribution in [0.3, 0.4) is 0 Å². The summed E-state index contributed by atoms with van der Waals surface area (Å²) in [6.07, 6.45) is 0. The van der Waals surface area contributed by atoms with E-state index in [-0.39, 0.29) is 4.77 Å². The Labute approximate surface area is 99.0 Å². The van der Waals surface area contributed by atoms with Crippen LogP contribution in [0.25, 0.3) is 5.69 Å². The molecular weight excluding hydrogens is 258 g/mol. The molecule has 0 unspecified atom stereocenters. The molecule has 1 heterocycles. The topological polar surface area (TPSA) is 35.6 Å². The zero-order valence-corrected chi connectivity index (χ0v) is 9.29. The number of hydrogen-bond acceptors (Lipinski definition) is 3. The van der Waals surface area contributed by atoms with Gasteiger partial charge in [0.25, 0.3) is 0 Å². The Morgan fingerprint density at radius 1 is 1.19 bits per heavy atom. The van der Waals surface area contributed by atoms with Crippen LogP contribution in [0.5, 0.6) is 0 Å². The average molecular weight is 263 g/mol. The van der Waals surface area contributed by atoms with E-state index in [2.05, 4.69) is 10.4 Å². The molecule has 0 radical (unpaired) electrons. The molecule has 8 heteroatoms. The van der Waals surface area contributed by atoms with Crippen molar-refractivity contribution in [2.45, 2.75) is 6.55 Å². The Kier molecular flexibility index (Phi) is 2.97. The molecule has 84 valence electrons. The third kappa shape index (κ3) is 1.96. The van der Waals surface area contributed by atoms with Crippen LogP contribution in [-0.2, 0) is 0 Å². The molecule has 0 spiro atoms. The lowest BCUT2D eigenvalue weighted by Crippen LogP contribution is -2.01. The molecule has 4 nitrogen and oxygen atoms in total. The lowest BCUT2D eigenvalue weighted by atomic mass is 10.3. The van der Waals surface area contributed by atoms with Gasteiger partial charge in [-0.2, -0.15) is 18.1 Å². The van der Waals surface area contributed by atoms with Gasteiger partial charge in [-0.05, 0) is 46.9 Å². The standard InChI is InChI=1S/C8H5ClF2N4S/c9-5-1-3-6(4-2-5)14-8(16)15(7(10)11)13-12-14/h1-4,7H. The Morgan fingerprint density at radius 2 is 1.81 bits per heavy atom. The summed E-state index contributed by atoms with van der Waals surface area (Å²) in [5, 5.41) is 7.33. The van der Waals surface area contributed by atoms with Crippen molar-refractivity contribution in [1.82, 2.24) is 19.8 Å². The summed E-state index contributed by atoms with van der Waals surface area (Å²) in [6.45, 7) is -2.80. The summed E-state index contributed by atoms with van der Waals surface area (Å²) in [6, 6.07) is 6.45. The van der Waals surface area contributed by atoms with Gasteiger partial charge in [-0.25, -0.2) is 0 Å². The number of nitrogens with zero attached hydrogens (tertiary/aromatic N) is 4. The van der Waals surface area contributed by atoms with Crippen LogP contribution in [0.4, 0.5) is 8.78 Å². The van der Waals surface area contributed by atoms with Crippen LogP contribution >= 0.6 is 23.8 Å². The Bertz CT molecular complexity index is 548. The van der Waals surface area contributed by atoms with Crippen molar-refractivity contribution in [1.29, 1.82) is 0 Å². The maximum absolute atomic E-state index is 12.4. The second-order valence-corrected chi connectivity index (χ2v) is 3.67. The van der Waals surface area contributed by atoms with E-state index in [1.54, 1.807) is 24.3 Å². The van der Waals surface area contributed by atoms with Gasteiger partial charge in [0.2, 0.25) is 4.77 Å². The molecule has 0 saturated heterocycles. The number of hydrogen-bond donors (Lipinski definition) is 0. The van der Waals surface area contributed by atoms with Crippen molar-refractivity contribution in [3.8, 4) is 5.69 Å². The third-order valence-corrected chi connectivity index (χ3v) is 2.47. The number of rotatable bonds is 2. The van der Waals surface area contributed by atoms with Gasteiger partial charge in [-0.3, -0.25) is 0 Å². The molecule has 0 fully saturated rings. The predicted octanol–water partition coefficient (Wildman–Crippen LogP) is 2.85. The predicted molar refractivity (Wildman–Crippen MR) is 56.4 cm³/mol. The highest BCUT2D eigenvalue weighted by molar-refractivity contribution is 7.71. The molecule has 2 aromatic rings. The fourth-order valence-electron chi connectivity index (χ4n) is 1.12. The van der Waals surface area contributed by atoms with Crippen LogP contribution in [0, 0.1) is 4.77 Å². The smallest absolute Gasteiger partial charge is 0.185 e. The highest BCUT2D eigenvalue weighted by atomic mass is 35.5. The quantitative estimate of drug-likeness (QED) is 0.781. The number of aromatic nitrogens is 4. The third-order valence-electron chi connectivity index (χ3n) is 1.86. The van der Waals surface area contributed by atoms with Crippen LogP contribution in [-0.4, -0.2) is 19.8 Å². The Morgan fingerprint density at radius 3 is 2.31 bits per heavy atom. The summed E-state index contributed by atoms with van der Waals surface area (Å²) in [5.74, 6) is 0. The van der Waals surface area contributed by atoms with Gasteiger partial charge in [-0.1, -0.05) is 11.6 Å². The van der Waals surface area contributed by atoms with Gasteiger partial charge in [0.05, 0.1) is 5.69 Å². The van der Waals surface area contributed by atoms with E-state index in [0.29, 0.717) is 15.4 Å². The Hall–Kier alpha value is -1.34. The number of alkyl halides is 2. The van der Waals surface area contributed by atoms with E-state index >= 15 is 0 Å². The van der Waals surface area contributed by atoms with Crippen molar-refractivity contribution in [2.24, 2.45) is 0 Å². The van der Waals surface area contributed by atoms with Gasteiger partial charge < -0.3 is 0 Å². The van der Waals surface area contributed by atoms with Crippen LogP contribution in [0.15, 0.2) is 24.3 Å². The minimum absolute atomic E-state index is 0.169. The maximum Gasteiger partial charge on any atom is 0.337 e. The molecule has 0 aliphatic heterocycles. The minimum atomic E-state index is -2.80. The van der Waals surface area contributed by atoms with Crippen LogP contribution in [0.1, 0.15) is 6.55 Å². The molecule has 1 aromatic carbocycles. The molecule has 0 aliphatic rings. The van der Waals surface area contributed by atoms with E-state index in [0.717, 1.165) is 4.68 Å². The molecule has 0 atom stereocenters. The van der Waals surface area contributed by atoms with Crippen molar-refractivity contribution in [3.63, 3.8) is 0 Å². The van der Waals surface area contributed by atoms with Gasteiger partial charge >= 0.3 is 6.55 Å². The molecule has 0 saturated carbocycles. The number of halogens is 3. The van der Waals surface area contributed by atoms with Crippen molar-refractivity contribution in [2.75, 3.05) is 0 Å². The molecule has 0 amide bonds. The van der Waals surface area contributed by atoms with E-state index < -0.39 is 6.55 Å². The highest BCUT2D eigenvalue weighted by Crippen LogP contribution is 2.14. The molecular formula is C8H5ClF2N4S. The zero-order valence-electron chi connectivity index (χ0n) is 7.72. The molecule has 1 aromatic heterocycles. The first-order valence-corrected chi connectivity index (χ1v) is 4.97. The Balaban J connectivity index is 2.49. The summed E-state index contributed by atoms with van der Waals surface area (Å²) >= 11 is 10.5. The molecule has 16 heavy (non-hydrogen) atoms. The largest absolute Gasteiger partial charge is 0.337 e. The first-order valence-electron chi connectivity index (χ1n) is 4.18. The van der Waals surface area contributed by atoms with Gasteiger partial charge in [0, 0.05) is 5.02 Å². The zero-order chi connectivity index (χ0) is 11.7. The fourth-order valence-corrected chi connectivity index (χ4v) is 1.51. The minimum Gasteiger partial charge on any atom is -0.185 e. The van der Waals surface area contributed by atoms with Crippen molar-refractivity contribution < 1.29 is 8.78 Å². The van der Waals surface area contributed by atoms with E-state index in [1.807, 2.05) is 0 Å². The van der Waals surface area contributed by atoms with Crippen molar-refractivity contribution in [3.05, 3.63) is 34.1 Å². The first kappa shape index (κ1) is 11.2. The van der Waals surface area contributed by atoms with E-state index in [1.165, 1.54) is 0 Å². The SMILES string of the molecule is FC(F)n1nnn(-c2ccc(Cl)cc2)c1=S. The van der Waals surface area contributed by atoms with E-state index in [4.69, 9.17) is 23.8 Å². The second kappa shape index (κ2) is 4.26. The second-order valence-electron chi connectivity index (χ2n) is 2.87. The molecule has 2 rings (SSSR count). The monoisotopic (exact) mass is 262 g/mol. The summed E-state index contributed by atoms with van der Waals surface area (Å²) in [5.41, 5.74) is 0.529. The van der Waals surface area contributed by atoms with Crippen LogP contribution in [0.2, 0.25) is 5.02 Å². The summed E-state index contributed by atoms with van der Waals surface area (Å²) in [4.78, 5) is 0. The van der Waals surface area contributed by atoms with Gasteiger partial charge in [-0.15, -0.1) is 0 Å². The number of benzene rings is 1. The first-order chi connectivity index (χ1) is 7.59. The number of tetrazole rings is 1. The fraction of sp³-hybridized carbons (Fsp3) is 0.125. The van der Waals surface area contributed by atoms with Gasteiger partial charge in [0.1, 0.15) is 0 Å². The van der Waals surface area contributed by atoms with Crippen LogP contribution < -0.4 is 0 Å².